The Morgan fingerprint density at radius 3 is 1.08 bits per heavy atom. The van der Waals surface area contributed by atoms with Gasteiger partial charge in [-0.25, -0.2) is 9.97 Å². The zero-order chi connectivity index (χ0) is 35.9. The van der Waals surface area contributed by atoms with E-state index in [4.69, 9.17) is 20.8 Å². The first-order chi connectivity index (χ1) is 25.7. The molecule has 10 aromatic rings. The summed E-state index contributed by atoms with van der Waals surface area (Å²) in [5.41, 5.74) is 9.35. The summed E-state index contributed by atoms with van der Waals surface area (Å²) in [6, 6.07) is 23.7. The molecule has 0 fully saturated rings. The standard InChI is InChI=1S/2C18H11N5.2CNS.Fe/c2*1-3-12-14(20-7-1)15-13(4-2-8-21-15)17-16(12)22-18(23-17)11-5-9-19-10-6-11;2*2-1-3;/h2*1-10H,(H,22,23);;;/q;;2*-1;+2. The molecule has 0 spiro atoms. The van der Waals surface area contributed by atoms with Crippen LogP contribution < -0.4 is 0 Å². The van der Waals surface area contributed by atoms with Crippen LogP contribution >= 0.6 is 24.4 Å². The predicted molar refractivity (Wildman–Crippen MR) is 212 cm³/mol. The molecule has 2 aromatic carbocycles. The summed E-state index contributed by atoms with van der Waals surface area (Å²) in [7, 11) is 0. The number of nitrogens with one attached hydrogen (secondary N) is 2. The van der Waals surface area contributed by atoms with Gasteiger partial charge < -0.3 is 20.8 Å². The van der Waals surface area contributed by atoms with Crippen molar-refractivity contribution in [3.05, 3.63) is 133 Å². The molecule has 0 aliphatic rings. The number of imidazole rings is 2. The molecule has 2 N–H and O–H groups in total. The Bertz CT molecular complexity index is 2580. The summed E-state index contributed by atoms with van der Waals surface area (Å²) in [6.45, 7) is 0. The zero-order valence-corrected chi connectivity index (χ0v) is 29.9. The molecule has 254 valence electrons. The first kappa shape index (κ1) is 36.2. The van der Waals surface area contributed by atoms with Gasteiger partial charge in [0.1, 0.15) is 11.6 Å². The molecule has 12 nitrogen and oxygen atoms in total. The Labute approximate surface area is 321 Å². The van der Waals surface area contributed by atoms with Gasteiger partial charge in [-0.2, -0.15) is 10.3 Å². The summed E-state index contributed by atoms with van der Waals surface area (Å²) in [5.74, 6) is 1.65. The number of hydrogen-bond donors (Lipinski definition) is 2. The molecule has 0 saturated heterocycles. The summed E-state index contributed by atoms with van der Waals surface area (Å²) in [5, 5.41) is 21.0. The number of aromatic nitrogens is 10. The van der Waals surface area contributed by atoms with E-state index < -0.39 is 0 Å². The predicted octanol–water partition coefficient (Wildman–Crippen LogP) is 8.76. The van der Waals surface area contributed by atoms with Crippen LogP contribution in [0.3, 0.4) is 0 Å². The average molecular weight is 767 g/mol. The average Bonchev–Trinajstić information content (AvgIpc) is 3.87. The Morgan fingerprint density at radius 1 is 0.434 bits per heavy atom. The number of isothiocyanates is 2. The molecular formula is C38H22FeN12S2. The van der Waals surface area contributed by atoms with Gasteiger partial charge in [-0.1, -0.05) is 24.4 Å². The number of nitrogens with zero attached hydrogens (tertiary/aromatic N) is 10. The van der Waals surface area contributed by atoms with E-state index in [9.17, 15) is 0 Å². The van der Waals surface area contributed by atoms with Gasteiger partial charge in [0.15, 0.2) is 0 Å². The van der Waals surface area contributed by atoms with Crippen LogP contribution in [0.2, 0.25) is 0 Å². The van der Waals surface area contributed by atoms with Crippen molar-refractivity contribution in [3.8, 4) is 22.8 Å². The van der Waals surface area contributed by atoms with Crippen LogP contribution in [0.5, 0.6) is 0 Å². The van der Waals surface area contributed by atoms with E-state index in [0.29, 0.717) is 0 Å². The number of aromatic amines is 2. The smallest absolute Gasteiger partial charge is 0.753 e. The second kappa shape index (κ2) is 16.6. The maximum Gasteiger partial charge on any atom is 2.00 e. The zero-order valence-electron chi connectivity index (χ0n) is 27.2. The van der Waals surface area contributed by atoms with Crippen LogP contribution in [-0.4, -0.2) is 60.2 Å². The second-order valence-electron chi connectivity index (χ2n) is 10.9. The van der Waals surface area contributed by atoms with Crippen molar-refractivity contribution >= 4 is 100 Å². The van der Waals surface area contributed by atoms with Crippen LogP contribution in [0.15, 0.2) is 122 Å². The number of fused-ring (bicyclic) bond motifs is 12. The maximum absolute atomic E-state index is 7.13. The van der Waals surface area contributed by atoms with Crippen molar-refractivity contribution in [2.24, 2.45) is 0 Å². The number of H-pyrrole nitrogens is 2. The Morgan fingerprint density at radius 2 is 0.736 bits per heavy atom. The monoisotopic (exact) mass is 766 g/mol. The fraction of sp³-hybridized carbons (Fsp3) is 0. The molecule has 0 amide bonds. The molecule has 0 unspecified atom stereocenters. The molecule has 10 rings (SSSR count). The Kier molecular flexibility index (Phi) is 11.4. The van der Waals surface area contributed by atoms with Crippen molar-refractivity contribution in [2.75, 3.05) is 0 Å². The SMILES string of the molecule is [Fe+2].[N-]=C=S.[N-]=C=S.c1cnc2c(c1)c1nc(-c3ccncc3)[nH]c1c1cccnc12.c1cnc2c(c1)c1nc(-c3ccncc3)[nH]c1c1cccnc12. The second-order valence-corrected chi connectivity index (χ2v) is 11.2. The van der Waals surface area contributed by atoms with E-state index >= 15 is 0 Å². The number of hydrogen-bond acceptors (Lipinski definition) is 10. The Hall–Kier alpha value is -6.56. The third-order valence-corrected chi connectivity index (χ3v) is 8.04. The quantitative estimate of drug-likeness (QED) is 0.0748. The summed E-state index contributed by atoms with van der Waals surface area (Å²) >= 11 is 7.40. The summed E-state index contributed by atoms with van der Waals surface area (Å²) in [6.07, 6.45) is 14.2. The summed E-state index contributed by atoms with van der Waals surface area (Å²) in [4.78, 5) is 42.7. The number of thiocarbonyl (C=S) groups is 2. The molecule has 8 aromatic heterocycles. The number of rotatable bonds is 2. The van der Waals surface area contributed by atoms with Gasteiger partial charge in [0.25, 0.3) is 0 Å². The van der Waals surface area contributed by atoms with Crippen LogP contribution in [0.25, 0.3) is 99.3 Å². The molecule has 8 heterocycles. The van der Waals surface area contributed by atoms with Crippen LogP contribution in [0, 0.1) is 0 Å². The minimum absolute atomic E-state index is 0. The molecule has 53 heavy (non-hydrogen) atoms. The van der Waals surface area contributed by atoms with Crippen molar-refractivity contribution in [3.63, 3.8) is 0 Å². The van der Waals surface area contributed by atoms with Gasteiger partial charge in [-0.05, 0) is 72.8 Å². The summed E-state index contributed by atoms with van der Waals surface area (Å²) < 4.78 is 0. The first-order valence-electron chi connectivity index (χ1n) is 15.5. The molecule has 15 heteroatoms. The Balaban J connectivity index is 0.000000156. The van der Waals surface area contributed by atoms with Crippen molar-refractivity contribution in [2.45, 2.75) is 0 Å². The largest absolute Gasteiger partial charge is 2.00 e. The van der Waals surface area contributed by atoms with E-state index in [2.05, 4.69) is 64.3 Å². The van der Waals surface area contributed by atoms with E-state index in [1.165, 1.54) is 10.3 Å². The molecule has 0 aliphatic heterocycles. The first-order valence-corrected chi connectivity index (χ1v) is 16.3. The van der Waals surface area contributed by atoms with E-state index in [-0.39, 0.29) is 17.1 Å². The van der Waals surface area contributed by atoms with Gasteiger partial charge in [-0.3, -0.25) is 29.9 Å². The van der Waals surface area contributed by atoms with Crippen LogP contribution in [0.4, 0.5) is 0 Å². The van der Waals surface area contributed by atoms with E-state index in [1.54, 1.807) is 49.6 Å². The number of pyridine rings is 6. The van der Waals surface area contributed by atoms with Crippen molar-refractivity contribution in [1.82, 2.24) is 49.8 Å². The van der Waals surface area contributed by atoms with Gasteiger partial charge in [0.2, 0.25) is 0 Å². The molecule has 0 atom stereocenters. The third kappa shape index (κ3) is 7.16. The van der Waals surface area contributed by atoms with Gasteiger partial charge in [0, 0.05) is 82.2 Å². The van der Waals surface area contributed by atoms with Gasteiger partial charge in [0.05, 0.1) is 44.1 Å². The maximum atomic E-state index is 7.13. The molecular weight excluding hydrogens is 744 g/mol. The van der Waals surface area contributed by atoms with E-state index in [1.807, 2.05) is 72.8 Å². The molecule has 0 saturated carbocycles. The normalized spacial score (nSPS) is 10.3. The molecule has 0 aliphatic carbocycles. The minimum atomic E-state index is 0. The third-order valence-electron chi connectivity index (χ3n) is 8.04. The van der Waals surface area contributed by atoms with Crippen LogP contribution in [0.1, 0.15) is 0 Å². The van der Waals surface area contributed by atoms with E-state index in [0.717, 1.165) is 88.5 Å². The minimum Gasteiger partial charge on any atom is -0.753 e. The fourth-order valence-electron chi connectivity index (χ4n) is 5.98. The van der Waals surface area contributed by atoms with Gasteiger partial charge in [-0.15, -0.1) is 0 Å². The molecule has 0 radical (unpaired) electrons. The molecule has 0 bridgehead atoms. The topological polar surface area (TPSA) is 179 Å². The van der Waals surface area contributed by atoms with Crippen LogP contribution in [-0.2, 0) is 17.1 Å². The number of benzene rings is 2. The fourth-order valence-corrected chi connectivity index (χ4v) is 5.98. The van der Waals surface area contributed by atoms with Crippen molar-refractivity contribution in [1.29, 1.82) is 0 Å². The van der Waals surface area contributed by atoms with Crippen molar-refractivity contribution < 1.29 is 17.1 Å². The van der Waals surface area contributed by atoms with Gasteiger partial charge >= 0.3 is 17.1 Å².